The summed E-state index contributed by atoms with van der Waals surface area (Å²) < 4.78 is 43.8. The first-order chi connectivity index (χ1) is 14.8. The van der Waals surface area contributed by atoms with Crippen LogP contribution in [0.1, 0.15) is 13.8 Å². The van der Waals surface area contributed by atoms with E-state index in [0.717, 1.165) is 10.2 Å². The molecule has 1 aliphatic heterocycles. The average Bonchev–Trinajstić information content (AvgIpc) is 2.75. The Morgan fingerprint density at radius 3 is 2.35 bits per heavy atom. The summed E-state index contributed by atoms with van der Waals surface area (Å²) in [7, 11) is -3.57. The molecule has 8 nitrogen and oxygen atoms in total. The van der Waals surface area contributed by atoms with Crippen LogP contribution >= 0.6 is 15.9 Å². The predicted molar refractivity (Wildman–Crippen MR) is 120 cm³/mol. The molecule has 1 heterocycles. The van der Waals surface area contributed by atoms with Crippen LogP contribution in [0.3, 0.4) is 0 Å². The molecule has 0 unspecified atom stereocenters. The maximum atomic E-state index is 13.0. The number of carbonyl (C=O) groups is 1. The number of piperazine rings is 1. The lowest BCUT2D eigenvalue weighted by molar-refractivity contribution is -0.134. The van der Waals surface area contributed by atoms with Gasteiger partial charge >= 0.3 is 0 Å². The van der Waals surface area contributed by atoms with Crippen LogP contribution < -0.4 is 14.4 Å². The average molecular weight is 513 g/mol. The van der Waals surface area contributed by atoms with Gasteiger partial charge in [-0.15, -0.1) is 0 Å². The van der Waals surface area contributed by atoms with Gasteiger partial charge in [0.1, 0.15) is 11.5 Å². The Balaban J connectivity index is 1.64. The van der Waals surface area contributed by atoms with Crippen molar-refractivity contribution in [3.63, 3.8) is 0 Å². The van der Waals surface area contributed by atoms with E-state index in [1.54, 1.807) is 24.3 Å². The van der Waals surface area contributed by atoms with E-state index in [2.05, 4.69) is 25.6 Å². The van der Waals surface area contributed by atoms with E-state index in [9.17, 15) is 13.2 Å². The van der Waals surface area contributed by atoms with E-state index >= 15 is 0 Å². The molecule has 31 heavy (non-hydrogen) atoms. The number of benzene rings is 2. The van der Waals surface area contributed by atoms with Gasteiger partial charge < -0.3 is 19.1 Å². The van der Waals surface area contributed by atoms with Crippen LogP contribution in [-0.4, -0.2) is 58.3 Å². The van der Waals surface area contributed by atoms with Crippen LogP contribution in [0.4, 0.5) is 5.69 Å². The van der Waals surface area contributed by atoms with Gasteiger partial charge in [-0.1, -0.05) is 0 Å². The Labute approximate surface area is 190 Å². The number of carbonyl (C=O) groups excluding carboxylic acids is 1. The van der Waals surface area contributed by atoms with Crippen LogP contribution in [-0.2, 0) is 19.6 Å². The third-order valence-electron chi connectivity index (χ3n) is 4.70. The van der Waals surface area contributed by atoms with Crippen molar-refractivity contribution in [2.45, 2.75) is 24.8 Å². The largest absolute Gasteiger partial charge is 0.491 e. The highest BCUT2D eigenvalue weighted by Crippen LogP contribution is 2.31. The van der Waals surface area contributed by atoms with Gasteiger partial charge in [0.2, 0.25) is 16.8 Å². The molecule has 3 rings (SSSR count). The number of sulfonamides is 1. The second-order valence-corrected chi connectivity index (χ2v) is 9.96. The van der Waals surface area contributed by atoms with Crippen LogP contribution in [0.2, 0.25) is 0 Å². The molecule has 2 aromatic carbocycles. The molecule has 2 aromatic rings. The van der Waals surface area contributed by atoms with Crippen molar-refractivity contribution >= 4 is 38.1 Å². The van der Waals surface area contributed by atoms with E-state index < -0.39 is 10.0 Å². The zero-order valence-electron chi connectivity index (χ0n) is 17.4. The lowest BCUT2D eigenvalue weighted by atomic mass is 10.2. The van der Waals surface area contributed by atoms with Crippen LogP contribution in [0.15, 0.2) is 51.8 Å². The Morgan fingerprint density at radius 2 is 1.74 bits per heavy atom. The van der Waals surface area contributed by atoms with Gasteiger partial charge in [-0.3, -0.25) is 4.79 Å². The second-order valence-electron chi connectivity index (χ2n) is 7.17. The van der Waals surface area contributed by atoms with Crippen molar-refractivity contribution in [3.05, 3.63) is 46.9 Å². The molecule has 0 atom stereocenters. The molecule has 0 saturated carbocycles. The molecule has 10 heteroatoms. The minimum atomic E-state index is -3.57. The molecule has 1 fully saturated rings. The number of halogens is 1. The van der Waals surface area contributed by atoms with E-state index in [0.29, 0.717) is 44.2 Å². The summed E-state index contributed by atoms with van der Waals surface area (Å²) >= 11 is 3.40. The number of hydrogen-bond acceptors (Lipinski definition) is 7. The van der Waals surface area contributed by atoms with Crippen molar-refractivity contribution in [1.82, 2.24) is 4.31 Å². The highest BCUT2D eigenvalue weighted by molar-refractivity contribution is 9.10. The van der Waals surface area contributed by atoms with E-state index in [1.165, 1.54) is 4.31 Å². The number of hydrogen-bond donors (Lipinski definition) is 0. The molecular formula is C21H25BrN2O6S. The Hall–Kier alpha value is -2.30. The van der Waals surface area contributed by atoms with Crippen molar-refractivity contribution in [3.8, 4) is 11.5 Å². The molecule has 0 spiro atoms. The normalized spacial score (nSPS) is 15.0. The Bertz CT molecular complexity index is 989. The van der Waals surface area contributed by atoms with E-state index in [-0.39, 0.29) is 17.8 Å². The second kappa shape index (κ2) is 10.3. The number of anilines is 1. The van der Waals surface area contributed by atoms with Gasteiger partial charge in [-0.25, -0.2) is 8.42 Å². The first-order valence-electron chi connectivity index (χ1n) is 9.80. The monoisotopic (exact) mass is 512 g/mol. The fourth-order valence-electron chi connectivity index (χ4n) is 3.22. The van der Waals surface area contributed by atoms with Crippen molar-refractivity contribution in [1.29, 1.82) is 0 Å². The molecule has 1 saturated heterocycles. The van der Waals surface area contributed by atoms with Gasteiger partial charge in [0.15, 0.2) is 0 Å². The molecule has 0 radical (unpaired) electrons. The number of ether oxygens (including phenoxy) is 3. The first-order valence-corrected chi connectivity index (χ1v) is 12.0. The van der Waals surface area contributed by atoms with Crippen molar-refractivity contribution < 1.29 is 27.4 Å². The number of nitrogens with zero attached hydrogens (tertiary/aromatic N) is 2. The van der Waals surface area contributed by atoms with Crippen molar-refractivity contribution in [2.24, 2.45) is 0 Å². The molecule has 168 valence electrons. The van der Waals surface area contributed by atoms with Gasteiger partial charge in [-0.2, -0.15) is 4.31 Å². The first kappa shape index (κ1) is 23.4. The Morgan fingerprint density at radius 1 is 1.06 bits per heavy atom. The zero-order valence-corrected chi connectivity index (χ0v) is 19.8. The third-order valence-corrected chi connectivity index (χ3v) is 7.27. The lowest BCUT2D eigenvalue weighted by Gasteiger charge is -2.35. The topological polar surface area (TPSA) is 85.4 Å². The minimum Gasteiger partial charge on any atom is -0.491 e. The lowest BCUT2D eigenvalue weighted by Crippen LogP contribution is -2.48. The fourth-order valence-corrected chi connectivity index (χ4v) is 5.01. The number of rotatable bonds is 9. The maximum Gasteiger partial charge on any atom is 0.295 e. The zero-order chi connectivity index (χ0) is 22.4. The van der Waals surface area contributed by atoms with Gasteiger partial charge in [0.25, 0.3) is 6.47 Å². The highest BCUT2D eigenvalue weighted by atomic mass is 79.9. The van der Waals surface area contributed by atoms with Crippen LogP contribution in [0.5, 0.6) is 11.5 Å². The summed E-state index contributed by atoms with van der Waals surface area (Å²) in [6.45, 7) is 5.80. The molecule has 0 amide bonds. The summed E-state index contributed by atoms with van der Waals surface area (Å²) in [6, 6.07) is 12.1. The molecule has 0 N–H and O–H groups in total. The smallest absolute Gasteiger partial charge is 0.295 e. The summed E-state index contributed by atoms with van der Waals surface area (Å²) in [5.41, 5.74) is 0.900. The molecular weight excluding hydrogens is 488 g/mol. The van der Waals surface area contributed by atoms with Crippen LogP contribution in [0.25, 0.3) is 0 Å². The quantitative estimate of drug-likeness (QED) is 0.289. The minimum absolute atomic E-state index is 0.0256. The molecule has 0 aliphatic carbocycles. The predicted octanol–water partition coefficient (Wildman–Crippen LogP) is 3.26. The fraction of sp³-hybridized carbons (Fsp3) is 0.381. The van der Waals surface area contributed by atoms with E-state index in [1.807, 2.05) is 32.0 Å². The molecule has 0 bridgehead atoms. The van der Waals surface area contributed by atoms with Gasteiger partial charge in [-0.05, 0) is 66.2 Å². The highest BCUT2D eigenvalue weighted by Gasteiger charge is 2.29. The Kier molecular flexibility index (Phi) is 7.79. The van der Waals surface area contributed by atoms with Crippen LogP contribution in [0, 0.1) is 0 Å². The summed E-state index contributed by atoms with van der Waals surface area (Å²) in [6.07, 6.45) is 0.0256. The summed E-state index contributed by atoms with van der Waals surface area (Å²) in [4.78, 5) is 12.6. The molecule has 0 aromatic heterocycles. The molecule has 1 aliphatic rings. The maximum absolute atomic E-state index is 13.0. The van der Waals surface area contributed by atoms with Crippen molar-refractivity contribution in [2.75, 3.05) is 37.9 Å². The van der Waals surface area contributed by atoms with Gasteiger partial charge in [0, 0.05) is 37.9 Å². The summed E-state index contributed by atoms with van der Waals surface area (Å²) in [5, 5.41) is 0. The van der Waals surface area contributed by atoms with E-state index in [4.69, 9.17) is 9.47 Å². The van der Waals surface area contributed by atoms with Gasteiger partial charge in [0.05, 0.1) is 15.5 Å². The third kappa shape index (κ3) is 5.90. The standard InChI is InChI=1S/C21H25BrN2O6S/c1-16(2)30-18-4-6-19(7-5-18)31(26,27)24-11-9-23(10-12-24)17-3-8-20(22)21(13-17)29-15-28-14-25/h3-8,13-14,16H,9-12,15H2,1-2H3. The SMILES string of the molecule is CC(C)Oc1ccc(S(=O)(=O)N2CCN(c3ccc(Br)c(OCOC=O)c3)CC2)cc1. The summed E-state index contributed by atoms with van der Waals surface area (Å²) in [5.74, 6) is 1.18.